The van der Waals surface area contributed by atoms with Crippen molar-refractivity contribution in [3.63, 3.8) is 0 Å². The molecule has 10 nitrogen and oxygen atoms in total. The number of carbonyl (C=O) groups excluding carboxylic acids is 2. The highest BCUT2D eigenvalue weighted by molar-refractivity contribution is 6.03. The Morgan fingerprint density at radius 3 is 2.49 bits per heavy atom. The van der Waals surface area contributed by atoms with E-state index in [-0.39, 0.29) is 23.3 Å². The number of aryl methyl sites for hydroxylation is 1. The van der Waals surface area contributed by atoms with Crippen LogP contribution in [0.15, 0.2) is 29.3 Å². The maximum absolute atomic E-state index is 12.6. The van der Waals surface area contributed by atoms with Crippen LogP contribution in [0.3, 0.4) is 0 Å². The molecule has 0 saturated heterocycles. The highest BCUT2D eigenvalue weighted by Crippen LogP contribution is 2.38. The average molecular weight is 564 g/mol. The summed E-state index contributed by atoms with van der Waals surface area (Å²) in [6.45, 7) is 8.64. The van der Waals surface area contributed by atoms with E-state index in [9.17, 15) is 9.59 Å². The van der Waals surface area contributed by atoms with Crippen molar-refractivity contribution in [2.75, 3.05) is 31.8 Å². The van der Waals surface area contributed by atoms with Crippen LogP contribution in [0.5, 0.6) is 5.75 Å². The third kappa shape index (κ3) is 8.28. The average Bonchev–Trinajstić information content (AvgIpc) is 3.80. The first-order chi connectivity index (χ1) is 19.6. The summed E-state index contributed by atoms with van der Waals surface area (Å²) in [4.78, 5) is 29.6. The summed E-state index contributed by atoms with van der Waals surface area (Å²) >= 11 is 0. The van der Waals surface area contributed by atoms with Gasteiger partial charge in [0.25, 0.3) is 5.91 Å². The van der Waals surface area contributed by atoms with Crippen molar-refractivity contribution < 1.29 is 14.3 Å². The van der Waals surface area contributed by atoms with E-state index in [0.717, 1.165) is 55.4 Å². The van der Waals surface area contributed by atoms with E-state index in [0.29, 0.717) is 34.7 Å². The van der Waals surface area contributed by atoms with Crippen molar-refractivity contribution in [2.24, 2.45) is 28.5 Å². The number of nitrogens with one attached hydrogen (secondary N) is 3. The first-order valence-corrected chi connectivity index (χ1v) is 14.4. The molecule has 1 atom stereocenters. The smallest absolute Gasteiger partial charge is 0.273 e. The molecule has 2 amide bonds. The van der Waals surface area contributed by atoms with Gasteiger partial charge in [0, 0.05) is 49.0 Å². The Kier molecular flexibility index (Phi) is 11.3. The monoisotopic (exact) mass is 563 g/mol. The van der Waals surface area contributed by atoms with Crippen molar-refractivity contribution in [3.05, 3.63) is 41.1 Å². The summed E-state index contributed by atoms with van der Waals surface area (Å²) < 4.78 is 5.88. The molecule has 222 valence electrons. The fourth-order valence-corrected chi connectivity index (χ4v) is 4.82. The molecule has 3 rings (SSSR count). The largest absolute Gasteiger partial charge is 0.494 e. The van der Waals surface area contributed by atoms with Crippen molar-refractivity contribution in [3.8, 4) is 5.75 Å². The van der Waals surface area contributed by atoms with Gasteiger partial charge < -0.3 is 26.4 Å². The summed E-state index contributed by atoms with van der Waals surface area (Å²) in [5.41, 5.74) is 11.0. The van der Waals surface area contributed by atoms with E-state index in [4.69, 9.17) is 10.5 Å². The minimum absolute atomic E-state index is 0.000174. The van der Waals surface area contributed by atoms with Crippen LogP contribution in [0.2, 0.25) is 0 Å². The predicted octanol–water partition coefficient (Wildman–Crippen LogP) is 5.47. The zero-order chi connectivity index (χ0) is 30.1. The number of nitrogens with zero attached hydrogens (tertiary/aromatic N) is 3. The van der Waals surface area contributed by atoms with Crippen LogP contribution < -0.4 is 26.4 Å². The number of amides is 2. The Labute approximate surface area is 243 Å². The van der Waals surface area contributed by atoms with E-state index >= 15 is 0 Å². The molecule has 1 aromatic heterocycles. The molecule has 0 aliphatic heterocycles. The zero-order valence-electron chi connectivity index (χ0n) is 25.4. The predicted molar refractivity (Wildman–Crippen MR) is 166 cm³/mol. The molecule has 1 aromatic carbocycles. The minimum atomic E-state index is -0.419. The van der Waals surface area contributed by atoms with Gasteiger partial charge in [-0.1, -0.05) is 39.7 Å². The van der Waals surface area contributed by atoms with Crippen LogP contribution in [-0.4, -0.2) is 48.9 Å². The molecular formula is C31H45N7O3. The summed E-state index contributed by atoms with van der Waals surface area (Å²) in [7, 11) is 4.92. The Hall–Kier alpha value is -3.95. The van der Waals surface area contributed by atoms with Gasteiger partial charge in [-0.3, -0.25) is 14.6 Å². The maximum Gasteiger partial charge on any atom is 0.273 e. The standard InChI is InChI=1S/C31H45N7O3/c1-8-9-20(12-10-18(2)3)24(33-5)16-22(32)27-19(4)11-15-23(29(27)41-7)35-25-17-26(36-30(39)21-13-14-21)37-38-28(25)31(40)34-6/h11,15-18,20-21H,8-10,12-14,32H2,1-7H3,(H,34,40)(H2,35,36,37,39)/b22-16-,33-24?. The second-order valence-electron chi connectivity index (χ2n) is 11.0. The summed E-state index contributed by atoms with van der Waals surface area (Å²) in [5.74, 6) is 1.19. The Morgan fingerprint density at radius 2 is 1.90 bits per heavy atom. The van der Waals surface area contributed by atoms with Crippen LogP contribution in [0.1, 0.15) is 80.9 Å². The number of aromatic nitrogens is 2. The molecule has 41 heavy (non-hydrogen) atoms. The number of carbonyl (C=O) groups is 2. The van der Waals surface area contributed by atoms with Gasteiger partial charge in [0.2, 0.25) is 5.91 Å². The van der Waals surface area contributed by atoms with Crippen LogP contribution in [0.25, 0.3) is 5.70 Å². The first-order valence-electron chi connectivity index (χ1n) is 14.4. The molecule has 1 aliphatic carbocycles. The van der Waals surface area contributed by atoms with Crippen LogP contribution in [0.4, 0.5) is 17.2 Å². The van der Waals surface area contributed by atoms with Gasteiger partial charge in [0.15, 0.2) is 17.3 Å². The molecule has 0 spiro atoms. The third-order valence-corrected chi connectivity index (χ3v) is 7.27. The van der Waals surface area contributed by atoms with Gasteiger partial charge in [-0.2, -0.15) is 0 Å². The summed E-state index contributed by atoms with van der Waals surface area (Å²) in [6.07, 6.45) is 7.96. The van der Waals surface area contributed by atoms with E-state index < -0.39 is 5.91 Å². The number of ether oxygens (including phenoxy) is 1. The number of hydrogen-bond acceptors (Lipinski definition) is 8. The lowest BCUT2D eigenvalue weighted by Crippen LogP contribution is -2.22. The quantitative estimate of drug-likeness (QED) is 0.223. The van der Waals surface area contributed by atoms with E-state index in [1.54, 1.807) is 13.2 Å². The molecule has 0 radical (unpaired) electrons. The molecule has 1 saturated carbocycles. The Bertz CT molecular complexity index is 1300. The number of allylic oxidation sites excluding steroid dienone is 1. The molecular weight excluding hydrogens is 518 g/mol. The topological polar surface area (TPSA) is 144 Å². The van der Waals surface area contributed by atoms with E-state index in [2.05, 4.69) is 51.9 Å². The number of benzene rings is 1. The van der Waals surface area contributed by atoms with E-state index in [1.165, 1.54) is 7.05 Å². The first kappa shape index (κ1) is 31.6. The lowest BCUT2D eigenvalue weighted by molar-refractivity contribution is -0.117. The van der Waals surface area contributed by atoms with Crippen molar-refractivity contribution in [1.82, 2.24) is 15.5 Å². The third-order valence-electron chi connectivity index (χ3n) is 7.27. The number of rotatable bonds is 14. The lowest BCUT2D eigenvalue weighted by atomic mass is 9.89. The molecule has 2 aromatic rings. The normalized spacial score (nSPS) is 14.5. The minimum Gasteiger partial charge on any atom is -0.494 e. The van der Waals surface area contributed by atoms with Crippen LogP contribution in [0, 0.1) is 24.7 Å². The van der Waals surface area contributed by atoms with Crippen LogP contribution in [-0.2, 0) is 4.79 Å². The number of hydrogen-bond donors (Lipinski definition) is 4. The summed E-state index contributed by atoms with van der Waals surface area (Å²) in [6, 6.07) is 5.40. The van der Waals surface area contributed by atoms with Gasteiger partial charge in [0.1, 0.15) is 0 Å². The number of aliphatic imine (C=N–C) groups is 1. The highest BCUT2D eigenvalue weighted by Gasteiger charge is 2.30. The molecule has 1 unspecified atom stereocenters. The molecule has 10 heteroatoms. The second kappa shape index (κ2) is 14.6. The maximum atomic E-state index is 12.6. The zero-order valence-corrected chi connectivity index (χ0v) is 25.4. The Morgan fingerprint density at radius 1 is 1.17 bits per heavy atom. The fourth-order valence-electron chi connectivity index (χ4n) is 4.82. The molecule has 1 heterocycles. The molecule has 5 N–H and O–H groups in total. The fraction of sp³-hybridized carbons (Fsp3) is 0.516. The van der Waals surface area contributed by atoms with Crippen LogP contribution >= 0.6 is 0 Å². The van der Waals surface area contributed by atoms with Crippen molar-refractivity contribution >= 4 is 40.4 Å². The van der Waals surface area contributed by atoms with Gasteiger partial charge >= 0.3 is 0 Å². The van der Waals surface area contributed by atoms with Gasteiger partial charge in [0.05, 0.1) is 18.5 Å². The van der Waals surface area contributed by atoms with Gasteiger partial charge in [-0.05, 0) is 56.2 Å². The van der Waals surface area contributed by atoms with Crippen molar-refractivity contribution in [2.45, 2.75) is 66.2 Å². The Balaban J connectivity index is 2.01. The molecule has 0 bridgehead atoms. The number of anilines is 3. The SMILES string of the molecule is CCCC(CCC(C)C)C(/C=C(\N)c1c(C)ccc(Nc2cc(NC(=O)C3CC3)nnc2C(=O)NC)c1OC)=NC. The number of nitrogens with two attached hydrogens (primary N) is 1. The van der Waals surface area contributed by atoms with Crippen molar-refractivity contribution in [1.29, 1.82) is 0 Å². The van der Waals surface area contributed by atoms with Gasteiger partial charge in [-0.15, -0.1) is 10.2 Å². The molecule has 1 fully saturated rings. The lowest BCUT2D eigenvalue weighted by Gasteiger charge is -2.21. The second-order valence-corrected chi connectivity index (χ2v) is 11.0. The summed E-state index contributed by atoms with van der Waals surface area (Å²) in [5, 5.41) is 16.8. The van der Waals surface area contributed by atoms with E-state index in [1.807, 2.05) is 32.2 Å². The molecule has 1 aliphatic rings. The number of methoxy groups -OCH3 is 1. The van der Waals surface area contributed by atoms with Gasteiger partial charge in [-0.25, -0.2) is 0 Å². The highest BCUT2D eigenvalue weighted by atomic mass is 16.5.